The van der Waals surface area contributed by atoms with Crippen molar-refractivity contribution in [3.05, 3.63) is 48.3 Å². The van der Waals surface area contributed by atoms with Gasteiger partial charge in [0.2, 0.25) is 0 Å². The predicted octanol–water partition coefficient (Wildman–Crippen LogP) is 3.27. The SMILES string of the molecule is O=C(O)Cc1ccc(-c2cccc(OC(F)(F)F)c2)cn1. The molecule has 21 heavy (non-hydrogen) atoms. The fourth-order valence-corrected chi connectivity index (χ4v) is 1.73. The van der Waals surface area contributed by atoms with Crippen molar-refractivity contribution in [1.29, 1.82) is 0 Å². The lowest BCUT2D eigenvalue weighted by Gasteiger charge is -2.10. The highest BCUT2D eigenvalue weighted by atomic mass is 19.4. The van der Waals surface area contributed by atoms with Gasteiger partial charge in [0.1, 0.15) is 5.75 Å². The third kappa shape index (κ3) is 4.48. The molecule has 0 saturated heterocycles. The van der Waals surface area contributed by atoms with Gasteiger partial charge in [-0.1, -0.05) is 18.2 Å². The summed E-state index contributed by atoms with van der Waals surface area (Å²) in [5, 5.41) is 8.63. The summed E-state index contributed by atoms with van der Waals surface area (Å²) in [7, 11) is 0. The first-order valence-electron chi connectivity index (χ1n) is 5.86. The van der Waals surface area contributed by atoms with Crippen LogP contribution in [-0.2, 0) is 11.2 Å². The van der Waals surface area contributed by atoms with Crippen molar-refractivity contribution < 1.29 is 27.8 Å². The number of ether oxygens (including phenoxy) is 1. The third-order valence-electron chi connectivity index (χ3n) is 2.56. The van der Waals surface area contributed by atoms with E-state index in [2.05, 4.69) is 9.72 Å². The van der Waals surface area contributed by atoms with E-state index in [4.69, 9.17) is 5.11 Å². The summed E-state index contributed by atoms with van der Waals surface area (Å²) in [6, 6.07) is 8.59. The van der Waals surface area contributed by atoms with Gasteiger partial charge < -0.3 is 9.84 Å². The van der Waals surface area contributed by atoms with Crippen LogP contribution in [0.5, 0.6) is 5.75 Å². The number of benzene rings is 1. The zero-order chi connectivity index (χ0) is 15.5. The molecule has 2 aromatic rings. The second-order valence-electron chi connectivity index (χ2n) is 4.18. The van der Waals surface area contributed by atoms with E-state index in [0.29, 0.717) is 16.8 Å². The lowest BCUT2D eigenvalue weighted by molar-refractivity contribution is -0.274. The summed E-state index contributed by atoms with van der Waals surface area (Å²) in [6.45, 7) is 0. The topological polar surface area (TPSA) is 59.4 Å². The number of aromatic nitrogens is 1. The van der Waals surface area contributed by atoms with Crippen molar-refractivity contribution in [3.63, 3.8) is 0 Å². The van der Waals surface area contributed by atoms with Gasteiger partial charge in [-0.15, -0.1) is 13.2 Å². The van der Waals surface area contributed by atoms with Crippen LogP contribution in [0.4, 0.5) is 13.2 Å². The smallest absolute Gasteiger partial charge is 0.481 e. The third-order valence-corrected chi connectivity index (χ3v) is 2.56. The first-order valence-corrected chi connectivity index (χ1v) is 5.86. The maximum Gasteiger partial charge on any atom is 0.573 e. The molecule has 0 saturated carbocycles. The Morgan fingerprint density at radius 1 is 1.19 bits per heavy atom. The number of pyridine rings is 1. The minimum atomic E-state index is -4.75. The van der Waals surface area contributed by atoms with Gasteiger partial charge in [0, 0.05) is 11.8 Å². The maximum absolute atomic E-state index is 12.2. The average molecular weight is 297 g/mol. The van der Waals surface area contributed by atoms with Crippen molar-refractivity contribution in [2.75, 3.05) is 0 Å². The number of alkyl halides is 3. The van der Waals surface area contributed by atoms with E-state index in [1.165, 1.54) is 30.5 Å². The van der Waals surface area contributed by atoms with Gasteiger partial charge >= 0.3 is 12.3 Å². The van der Waals surface area contributed by atoms with E-state index in [1.807, 2.05) is 0 Å². The Balaban J connectivity index is 2.21. The zero-order valence-corrected chi connectivity index (χ0v) is 10.6. The second-order valence-corrected chi connectivity index (χ2v) is 4.18. The molecular weight excluding hydrogens is 287 g/mol. The summed E-state index contributed by atoms with van der Waals surface area (Å²) >= 11 is 0. The van der Waals surface area contributed by atoms with Crippen LogP contribution >= 0.6 is 0 Å². The molecule has 0 bridgehead atoms. The number of rotatable bonds is 4. The molecule has 1 heterocycles. The van der Waals surface area contributed by atoms with Crippen molar-refractivity contribution in [2.45, 2.75) is 12.8 Å². The Morgan fingerprint density at radius 2 is 1.95 bits per heavy atom. The molecule has 0 unspecified atom stereocenters. The molecule has 0 spiro atoms. The molecule has 0 amide bonds. The number of halogens is 3. The van der Waals surface area contributed by atoms with Crippen LogP contribution in [0, 0.1) is 0 Å². The van der Waals surface area contributed by atoms with Gasteiger partial charge in [0.05, 0.1) is 12.1 Å². The highest BCUT2D eigenvalue weighted by Gasteiger charge is 2.31. The summed E-state index contributed by atoms with van der Waals surface area (Å²) in [5.74, 6) is -1.33. The number of nitrogens with zero attached hydrogens (tertiary/aromatic N) is 1. The molecule has 0 aliphatic carbocycles. The Labute approximate surface area is 117 Å². The quantitative estimate of drug-likeness (QED) is 0.941. The number of aliphatic carboxylic acids is 1. The van der Waals surface area contributed by atoms with E-state index in [1.54, 1.807) is 12.1 Å². The van der Waals surface area contributed by atoms with Crippen LogP contribution in [0.1, 0.15) is 5.69 Å². The minimum Gasteiger partial charge on any atom is -0.481 e. The number of carbonyl (C=O) groups is 1. The van der Waals surface area contributed by atoms with Crippen molar-refractivity contribution >= 4 is 5.97 Å². The molecule has 1 aromatic carbocycles. The first-order chi connectivity index (χ1) is 9.83. The largest absolute Gasteiger partial charge is 0.573 e. The van der Waals surface area contributed by atoms with E-state index >= 15 is 0 Å². The van der Waals surface area contributed by atoms with Crippen LogP contribution in [-0.4, -0.2) is 22.4 Å². The molecule has 110 valence electrons. The van der Waals surface area contributed by atoms with E-state index in [-0.39, 0.29) is 12.2 Å². The van der Waals surface area contributed by atoms with E-state index < -0.39 is 12.3 Å². The molecule has 1 N–H and O–H groups in total. The summed E-state index contributed by atoms with van der Waals surface area (Å²) in [6.07, 6.45) is -3.55. The number of hydrogen-bond donors (Lipinski definition) is 1. The Kier molecular flexibility index (Phi) is 4.11. The molecule has 0 atom stereocenters. The van der Waals surface area contributed by atoms with E-state index in [9.17, 15) is 18.0 Å². The Hall–Kier alpha value is -2.57. The van der Waals surface area contributed by atoms with Gasteiger partial charge in [0.15, 0.2) is 0 Å². The standard InChI is InChI=1S/C14H10F3NO3/c15-14(16,17)21-12-3-1-2-9(6-12)10-4-5-11(18-8-10)7-13(19)20/h1-6,8H,7H2,(H,19,20). The second kappa shape index (κ2) is 5.82. The summed E-state index contributed by atoms with van der Waals surface area (Å²) in [4.78, 5) is 14.5. The minimum absolute atomic E-state index is 0.211. The van der Waals surface area contributed by atoms with Crippen LogP contribution in [0.25, 0.3) is 11.1 Å². The van der Waals surface area contributed by atoms with Crippen LogP contribution in [0.15, 0.2) is 42.6 Å². The number of hydrogen-bond acceptors (Lipinski definition) is 3. The summed E-state index contributed by atoms with van der Waals surface area (Å²) < 4.78 is 40.3. The zero-order valence-electron chi connectivity index (χ0n) is 10.6. The highest BCUT2D eigenvalue weighted by molar-refractivity contribution is 5.70. The predicted molar refractivity (Wildman–Crippen MR) is 67.7 cm³/mol. The lowest BCUT2D eigenvalue weighted by Crippen LogP contribution is -2.17. The molecule has 0 radical (unpaired) electrons. The number of carboxylic acid groups (broad SMARTS) is 1. The molecular formula is C14H10F3NO3. The Morgan fingerprint density at radius 3 is 2.52 bits per heavy atom. The summed E-state index contributed by atoms with van der Waals surface area (Å²) in [5.41, 5.74) is 1.43. The van der Waals surface area contributed by atoms with Gasteiger partial charge in [-0.05, 0) is 23.8 Å². The molecule has 4 nitrogen and oxygen atoms in total. The van der Waals surface area contributed by atoms with Gasteiger partial charge in [0.25, 0.3) is 0 Å². The van der Waals surface area contributed by atoms with Crippen LogP contribution in [0.3, 0.4) is 0 Å². The maximum atomic E-state index is 12.2. The fraction of sp³-hybridized carbons (Fsp3) is 0.143. The van der Waals surface area contributed by atoms with E-state index in [0.717, 1.165) is 0 Å². The monoisotopic (exact) mass is 297 g/mol. The molecule has 2 rings (SSSR count). The molecule has 0 fully saturated rings. The molecule has 1 aromatic heterocycles. The Bertz CT molecular complexity index is 639. The van der Waals surface area contributed by atoms with Gasteiger partial charge in [-0.2, -0.15) is 0 Å². The molecule has 0 aliphatic rings. The van der Waals surface area contributed by atoms with Crippen molar-refractivity contribution in [1.82, 2.24) is 4.98 Å². The molecule has 0 aliphatic heterocycles. The highest BCUT2D eigenvalue weighted by Crippen LogP contribution is 2.27. The van der Waals surface area contributed by atoms with Gasteiger partial charge in [-0.3, -0.25) is 9.78 Å². The van der Waals surface area contributed by atoms with Gasteiger partial charge in [-0.25, -0.2) is 0 Å². The number of carboxylic acids is 1. The first kappa shape index (κ1) is 14.8. The lowest BCUT2D eigenvalue weighted by atomic mass is 10.1. The fourth-order valence-electron chi connectivity index (χ4n) is 1.73. The molecule has 7 heteroatoms. The van der Waals surface area contributed by atoms with Crippen molar-refractivity contribution in [3.8, 4) is 16.9 Å². The van der Waals surface area contributed by atoms with Crippen molar-refractivity contribution in [2.24, 2.45) is 0 Å². The van der Waals surface area contributed by atoms with Crippen LogP contribution in [0.2, 0.25) is 0 Å². The van der Waals surface area contributed by atoms with Crippen LogP contribution < -0.4 is 4.74 Å². The normalized spacial score (nSPS) is 11.2. The average Bonchev–Trinajstić information content (AvgIpc) is 2.37.